The van der Waals surface area contributed by atoms with E-state index >= 15 is 0 Å². The number of nitrogens with one attached hydrogen (secondary N) is 2. The minimum atomic E-state index is -4.45. The van der Waals surface area contributed by atoms with Crippen molar-refractivity contribution in [2.75, 3.05) is 24.9 Å². The lowest BCUT2D eigenvalue weighted by molar-refractivity contribution is -0.138. The van der Waals surface area contributed by atoms with Crippen LogP contribution in [-0.2, 0) is 21.8 Å². The number of ether oxygens (including phenoxy) is 2. The van der Waals surface area contributed by atoms with Gasteiger partial charge < -0.3 is 30.2 Å². The van der Waals surface area contributed by atoms with Gasteiger partial charge in [-0.1, -0.05) is 48.0 Å². The van der Waals surface area contributed by atoms with Crippen LogP contribution in [0.5, 0.6) is 0 Å². The van der Waals surface area contributed by atoms with Crippen LogP contribution in [0.25, 0.3) is 33.1 Å². The Morgan fingerprint density at radius 2 is 1.05 bits per heavy atom. The molecule has 0 saturated heterocycles. The zero-order valence-electron chi connectivity index (χ0n) is 34.1. The van der Waals surface area contributed by atoms with E-state index in [2.05, 4.69) is 45.7 Å². The summed E-state index contributed by atoms with van der Waals surface area (Å²) in [6.07, 6.45) is -5.73. The normalized spacial score (nSPS) is 11.1. The SMILES string of the molecule is COC(=O)c1ccc(-c2nnc(Nc3cccc(C(F)(F)F)c3)c3cccnc23)cc1.COC(=O)c1ccc(B(O)O)cc1.FC(F)(F)c1cccc(Nc2nnc(Cl)c3ncccc23)c1. The summed E-state index contributed by atoms with van der Waals surface area (Å²) < 4.78 is 86.4. The van der Waals surface area contributed by atoms with Gasteiger partial charge >= 0.3 is 31.4 Å². The number of anilines is 4. The fraction of sp³-hybridized carbons (Fsp3) is 0.0909. The Hall–Kier alpha value is -7.75. The molecule has 0 unspecified atom stereocenters. The van der Waals surface area contributed by atoms with Gasteiger partial charge in [-0.2, -0.15) is 26.3 Å². The van der Waals surface area contributed by atoms with E-state index in [9.17, 15) is 35.9 Å². The van der Waals surface area contributed by atoms with E-state index in [1.54, 1.807) is 60.9 Å². The molecule has 0 spiro atoms. The summed E-state index contributed by atoms with van der Waals surface area (Å²) in [4.78, 5) is 31.0. The van der Waals surface area contributed by atoms with Gasteiger partial charge in [-0.15, -0.1) is 20.4 Å². The van der Waals surface area contributed by atoms with Gasteiger partial charge in [0.05, 0.1) is 36.5 Å². The number of halogens is 7. The van der Waals surface area contributed by atoms with E-state index in [1.807, 2.05) is 0 Å². The number of pyridine rings is 2. The largest absolute Gasteiger partial charge is 0.488 e. The van der Waals surface area contributed by atoms with Crippen LogP contribution in [0.3, 0.4) is 0 Å². The van der Waals surface area contributed by atoms with Gasteiger partial charge in [0.15, 0.2) is 16.8 Å². The van der Waals surface area contributed by atoms with Gasteiger partial charge in [-0.05, 0) is 90.4 Å². The van der Waals surface area contributed by atoms with Crippen LogP contribution in [0.15, 0.2) is 134 Å². The Morgan fingerprint density at radius 3 is 1.52 bits per heavy atom. The first-order valence-electron chi connectivity index (χ1n) is 19.0. The monoisotopic (exact) mass is 928 g/mol. The number of carbonyl (C=O) groups excluding carboxylic acids is 2. The van der Waals surface area contributed by atoms with Crippen molar-refractivity contribution in [3.8, 4) is 11.3 Å². The number of fused-ring (bicyclic) bond motifs is 2. The molecular weight excluding hydrogens is 897 g/mol. The first-order valence-corrected chi connectivity index (χ1v) is 19.3. The van der Waals surface area contributed by atoms with E-state index < -0.39 is 42.5 Å². The summed E-state index contributed by atoms with van der Waals surface area (Å²) in [7, 11) is 1.08. The van der Waals surface area contributed by atoms with E-state index in [1.165, 1.54) is 62.8 Å². The molecule has 0 aliphatic rings. The molecule has 0 aliphatic heterocycles. The van der Waals surface area contributed by atoms with Gasteiger partial charge in [0.1, 0.15) is 16.7 Å². The van der Waals surface area contributed by atoms with E-state index in [-0.39, 0.29) is 28.2 Å². The fourth-order valence-corrected chi connectivity index (χ4v) is 6.12. The molecule has 14 nitrogen and oxygen atoms in total. The van der Waals surface area contributed by atoms with Crippen LogP contribution in [-0.4, -0.2) is 73.7 Å². The number of carbonyl (C=O) groups is 2. The molecule has 0 aliphatic carbocycles. The highest BCUT2D eigenvalue weighted by Crippen LogP contribution is 2.35. The van der Waals surface area contributed by atoms with Crippen LogP contribution < -0.4 is 16.1 Å². The lowest BCUT2D eigenvalue weighted by Crippen LogP contribution is -2.29. The molecule has 336 valence electrons. The van der Waals surface area contributed by atoms with Gasteiger partial charge in [0.25, 0.3) is 0 Å². The lowest BCUT2D eigenvalue weighted by atomic mass is 9.80. The molecule has 0 amide bonds. The smallest absolute Gasteiger partial charge is 0.465 e. The average molecular weight is 929 g/mol. The van der Waals surface area contributed by atoms with Gasteiger partial charge in [0, 0.05) is 40.1 Å². The molecule has 8 rings (SSSR count). The van der Waals surface area contributed by atoms with Crippen molar-refractivity contribution in [2.45, 2.75) is 12.4 Å². The first-order chi connectivity index (χ1) is 31.5. The molecule has 0 atom stereocenters. The second kappa shape index (κ2) is 20.8. The maximum absolute atomic E-state index is 13.0. The van der Waals surface area contributed by atoms with Crippen LogP contribution in [0.1, 0.15) is 31.8 Å². The third-order valence-corrected chi connectivity index (χ3v) is 9.40. The van der Waals surface area contributed by atoms with E-state index in [0.717, 1.165) is 24.3 Å². The third-order valence-electron chi connectivity index (χ3n) is 9.15. The van der Waals surface area contributed by atoms with Crippen molar-refractivity contribution in [3.63, 3.8) is 0 Å². The molecule has 0 saturated carbocycles. The number of esters is 2. The van der Waals surface area contributed by atoms with Crippen LogP contribution in [0, 0.1) is 0 Å². The van der Waals surface area contributed by atoms with Crippen molar-refractivity contribution < 1.29 is 55.5 Å². The number of benzene rings is 4. The highest BCUT2D eigenvalue weighted by molar-refractivity contribution is 6.58. The third kappa shape index (κ3) is 11.9. The summed E-state index contributed by atoms with van der Waals surface area (Å²) in [5.74, 6) is -0.343. The second-order valence-electron chi connectivity index (χ2n) is 13.5. The maximum atomic E-state index is 13.0. The predicted molar refractivity (Wildman–Crippen MR) is 234 cm³/mol. The van der Waals surface area contributed by atoms with Crippen LogP contribution >= 0.6 is 11.6 Å². The summed E-state index contributed by atoms with van der Waals surface area (Å²) in [5, 5.41) is 40.5. The average Bonchev–Trinajstić information content (AvgIpc) is 3.32. The first kappa shape index (κ1) is 47.7. The Kier molecular flexibility index (Phi) is 15.1. The molecular formula is C44H32BClF6N8O6. The quantitative estimate of drug-likeness (QED) is 0.0641. The van der Waals surface area contributed by atoms with Crippen molar-refractivity contribution >= 4 is 80.9 Å². The zero-order valence-corrected chi connectivity index (χ0v) is 34.9. The highest BCUT2D eigenvalue weighted by Gasteiger charge is 2.31. The minimum Gasteiger partial charge on any atom is -0.465 e. The highest BCUT2D eigenvalue weighted by atomic mass is 35.5. The molecule has 0 bridgehead atoms. The topological polar surface area (TPSA) is 194 Å². The van der Waals surface area contributed by atoms with Gasteiger partial charge in [-0.3, -0.25) is 9.97 Å². The summed E-state index contributed by atoms with van der Waals surface area (Å²) >= 11 is 5.90. The van der Waals surface area contributed by atoms with Crippen molar-refractivity contribution in [2.24, 2.45) is 0 Å². The molecule has 0 fully saturated rings. The van der Waals surface area contributed by atoms with Crippen LogP contribution in [0.2, 0.25) is 5.15 Å². The van der Waals surface area contributed by atoms with Crippen molar-refractivity contribution in [3.05, 3.63) is 161 Å². The molecule has 4 aromatic carbocycles. The second-order valence-corrected chi connectivity index (χ2v) is 13.9. The number of alkyl halides is 6. The molecule has 0 radical (unpaired) electrons. The van der Waals surface area contributed by atoms with Crippen molar-refractivity contribution in [1.82, 2.24) is 30.4 Å². The maximum Gasteiger partial charge on any atom is 0.488 e. The molecule has 4 N–H and O–H groups in total. The predicted octanol–water partition coefficient (Wildman–Crippen LogP) is 8.83. The molecule has 22 heteroatoms. The van der Waals surface area contributed by atoms with Gasteiger partial charge in [-0.25, -0.2) is 9.59 Å². The zero-order chi connectivity index (χ0) is 47.6. The molecule has 4 heterocycles. The number of hydrogen-bond acceptors (Lipinski definition) is 14. The summed E-state index contributed by atoms with van der Waals surface area (Å²) in [6, 6.07) is 28.9. The Bertz CT molecular complexity index is 2990. The Balaban J connectivity index is 0.000000179. The number of rotatable bonds is 8. The number of hydrogen-bond donors (Lipinski definition) is 4. The molecule has 4 aromatic heterocycles. The molecule has 66 heavy (non-hydrogen) atoms. The molecule has 8 aromatic rings. The fourth-order valence-electron chi connectivity index (χ4n) is 5.93. The van der Waals surface area contributed by atoms with E-state index in [0.29, 0.717) is 49.7 Å². The summed E-state index contributed by atoms with van der Waals surface area (Å²) in [6.45, 7) is 0. The van der Waals surface area contributed by atoms with Gasteiger partial charge in [0.2, 0.25) is 0 Å². The lowest BCUT2D eigenvalue weighted by Gasteiger charge is -2.12. The van der Waals surface area contributed by atoms with Crippen LogP contribution in [0.4, 0.5) is 49.4 Å². The number of methoxy groups -OCH3 is 2. The Labute approximate surface area is 375 Å². The standard InChI is InChI=1S/C22H15F3N4O2.C14H8ClF3N4.C8H9BO4/c1-31-21(30)14-9-7-13(8-10-14)18-19-17(6-3-11-26-19)20(29-28-18)27-16-5-2-4-15(12-16)22(23,24)25;15-12-11-10(5-2-6-19-11)13(22-21-12)20-9-4-1-3-8(7-9)14(16,17)18;1-13-8(10)6-2-4-7(5-3-6)9(11)12/h2-12H,1H3,(H,27,29);1-7H,(H,20,22);2-5,11-12H,1H3. The Morgan fingerprint density at radius 1 is 0.591 bits per heavy atom. The van der Waals surface area contributed by atoms with E-state index in [4.69, 9.17) is 26.4 Å². The van der Waals surface area contributed by atoms with Crippen molar-refractivity contribution in [1.29, 1.82) is 0 Å². The number of aromatic nitrogens is 6. The number of nitrogens with zero attached hydrogens (tertiary/aromatic N) is 6. The summed E-state index contributed by atoms with van der Waals surface area (Å²) in [5.41, 5.74) is 2.15. The minimum absolute atomic E-state index is 0.130.